The van der Waals surface area contributed by atoms with E-state index in [-0.39, 0.29) is 28.8 Å². The summed E-state index contributed by atoms with van der Waals surface area (Å²) in [7, 11) is 0. The Balaban J connectivity index is 2.60. The summed E-state index contributed by atoms with van der Waals surface area (Å²) in [4.78, 5) is 31.9. The van der Waals surface area contributed by atoms with Gasteiger partial charge in [0.1, 0.15) is 0 Å². The van der Waals surface area contributed by atoms with E-state index in [4.69, 9.17) is 11.5 Å². The van der Waals surface area contributed by atoms with Gasteiger partial charge < -0.3 is 21.9 Å². The van der Waals surface area contributed by atoms with Gasteiger partial charge in [0, 0.05) is 11.6 Å². The highest BCUT2D eigenvalue weighted by Gasteiger charge is 2.46. The first-order valence-electron chi connectivity index (χ1n) is 8.33. The highest BCUT2D eigenvalue weighted by atomic mass is 19.3. The molecule has 0 saturated carbocycles. The number of aliphatic hydroxyl groups is 1. The molecule has 1 heterocycles. The molecule has 6 N–H and O–H groups in total. The van der Waals surface area contributed by atoms with Crippen LogP contribution in [0.15, 0.2) is 24.4 Å². The van der Waals surface area contributed by atoms with Crippen molar-refractivity contribution in [2.24, 2.45) is 5.73 Å². The number of anilines is 1. The van der Waals surface area contributed by atoms with E-state index in [1.165, 1.54) is 18.3 Å². The van der Waals surface area contributed by atoms with Gasteiger partial charge in [-0.25, -0.2) is 18.7 Å². The Hall–Kier alpha value is -3.14. The molecule has 0 saturated heterocycles. The van der Waals surface area contributed by atoms with Crippen molar-refractivity contribution < 1.29 is 23.5 Å². The van der Waals surface area contributed by atoms with E-state index in [0.29, 0.717) is 5.56 Å². The van der Waals surface area contributed by atoms with Crippen molar-refractivity contribution in [3.05, 3.63) is 41.2 Å². The number of rotatable bonds is 6. The number of nitrogen functional groups attached to an aromatic ring is 1. The molecule has 2 rings (SSSR count). The summed E-state index contributed by atoms with van der Waals surface area (Å²) in [6, 6.07) is 3.59. The van der Waals surface area contributed by atoms with Gasteiger partial charge in [-0.1, -0.05) is 12.1 Å². The molecule has 28 heavy (non-hydrogen) atoms. The van der Waals surface area contributed by atoms with Gasteiger partial charge >= 0.3 is 0 Å². The average molecular weight is 393 g/mol. The third kappa shape index (κ3) is 3.91. The zero-order chi connectivity index (χ0) is 21.2. The maximum Gasteiger partial charge on any atom is 0.280 e. The number of nitrogens with zero attached hydrogens (tertiary/aromatic N) is 2. The molecule has 0 spiro atoms. The van der Waals surface area contributed by atoms with E-state index in [2.05, 4.69) is 15.3 Å². The topological polar surface area (TPSA) is 144 Å². The minimum absolute atomic E-state index is 0.100. The lowest BCUT2D eigenvalue weighted by atomic mass is 9.90. The second kappa shape index (κ2) is 7.85. The fourth-order valence-corrected chi connectivity index (χ4v) is 2.54. The smallest absolute Gasteiger partial charge is 0.280 e. The van der Waals surface area contributed by atoms with Crippen LogP contribution in [0.1, 0.15) is 35.5 Å². The van der Waals surface area contributed by atoms with Crippen LogP contribution in [0.25, 0.3) is 11.3 Å². The Bertz CT molecular complexity index is 920. The van der Waals surface area contributed by atoms with Crippen molar-refractivity contribution in [2.75, 3.05) is 5.73 Å². The molecule has 0 aliphatic rings. The molecule has 10 heteroatoms. The fourth-order valence-electron chi connectivity index (χ4n) is 2.54. The summed E-state index contributed by atoms with van der Waals surface area (Å²) in [5.41, 5.74) is 8.05. The van der Waals surface area contributed by atoms with Gasteiger partial charge in [-0.05, 0) is 38.0 Å². The summed E-state index contributed by atoms with van der Waals surface area (Å²) >= 11 is 0. The normalized spacial score (nSPS) is 13.4. The van der Waals surface area contributed by atoms with Crippen molar-refractivity contribution in [1.29, 1.82) is 0 Å². The fraction of sp³-hybridized carbons (Fsp3) is 0.333. The molecule has 2 aromatic rings. The Kier molecular flexibility index (Phi) is 5.93. The number of hydrogen-bond donors (Lipinski definition) is 4. The quantitative estimate of drug-likeness (QED) is 0.579. The lowest BCUT2D eigenvalue weighted by molar-refractivity contribution is -0.156. The largest absolute Gasteiger partial charge is 0.382 e. The van der Waals surface area contributed by atoms with E-state index >= 15 is 0 Å². The van der Waals surface area contributed by atoms with Crippen LogP contribution in [0.5, 0.6) is 0 Å². The number of amides is 2. The molecule has 0 bridgehead atoms. The first-order chi connectivity index (χ1) is 13.0. The molecular weight excluding hydrogens is 372 g/mol. The van der Waals surface area contributed by atoms with Crippen LogP contribution in [-0.2, 0) is 10.4 Å². The van der Waals surface area contributed by atoms with E-state index in [1.54, 1.807) is 20.8 Å². The van der Waals surface area contributed by atoms with Crippen LogP contribution >= 0.6 is 0 Å². The van der Waals surface area contributed by atoms with Crippen LogP contribution < -0.4 is 16.8 Å². The summed E-state index contributed by atoms with van der Waals surface area (Å²) in [6.07, 6.45) is -2.18. The lowest BCUT2D eigenvalue weighted by Crippen LogP contribution is -2.47. The minimum atomic E-state index is -3.44. The number of halogens is 2. The number of aryl methyl sites for hydroxylation is 1. The van der Waals surface area contributed by atoms with Gasteiger partial charge in [-0.2, -0.15) is 0 Å². The Morgan fingerprint density at radius 2 is 1.93 bits per heavy atom. The van der Waals surface area contributed by atoms with Gasteiger partial charge in [-0.3, -0.25) is 9.59 Å². The Labute approximate surface area is 160 Å². The highest BCUT2D eigenvalue weighted by molar-refractivity contribution is 5.97. The van der Waals surface area contributed by atoms with E-state index < -0.39 is 29.4 Å². The average Bonchev–Trinajstić information content (AvgIpc) is 2.61. The predicted octanol–water partition coefficient (Wildman–Crippen LogP) is 1.11. The molecule has 150 valence electrons. The molecule has 1 aromatic heterocycles. The Morgan fingerprint density at radius 3 is 2.46 bits per heavy atom. The zero-order valence-electron chi connectivity index (χ0n) is 15.5. The molecule has 8 nitrogen and oxygen atoms in total. The number of hydrogen-bond acceptors (Lipinski definition) is 6. The van der Waals surface area contributed by atoms with Gasteiger partial charge in [-0.15, -0.1) is 0 Å². The van der Waals surface area contributed by atoms with Crippen LogP contribution in [0.4, 0.5) is 14.6 Å². The van der Waals surface area contributed by atoms with E-state index in [1.807, 2.05) is 0 Å². The van der Waals surface area contributed by atoms with Crippen molar-refractivity contribution in [3.63, 3.8) is 0 Å². The second-order valence-electron chi connectivity index (χ2n) is 6.58. The first-order valence-corrected chi connectivity index (χ1v) is 8.33. The summed E-state index contributed by atoms with van der Waals surface area (Å²) in [5.74, 6) is -2.23. The number of nitrogens with one attached hydrogen (secondary N) is 1. The number of aromatic nitrogens is 2. The maximum absolute atomic E-state index is 13.4. The number of alkyl halides is 2. The third-order valence-corrected chi connectivity index (χ3v) is 4.08. The van der Waals surface area contributed by atoms with Crippen molar-refractivity contribution >= 4 is 17.6 Å². The molecule has 0 aliphatic carbocycles. The van der Waals surface area contributed by atoms with Crippen LogP contribution in [0, 0.1) is 6.92 Å². The number of benzene rings is 1. The molecular formula is C18H21F2N5O3. The molecule has 2 amide bonds. The lowest BCUT2D eigenvalue weighted by Gasteiger charge is -2.25. The van der Waals surface area contributed by atoms with Crippen LogP contribution in [0.3, 0.4) is 0 Å². The molecule has 0 fully saturated rings. The van der Waals surface area contributed by atoms with Gasteiger partial charge in [0.25, 0.3) is 18.2 Å². The van der Waals surface area contributed by atoms with Crippen LogP contribution in [0.2, 0.25) is 0 Å². The van der Waals surface area contributed by atoms with Crippen molar-refractivity contribution in [2.45, 2.75) is 38.8 Å². The van der Waals surface area contributed by atoms with E-state index in [0.717, 1.165) is 6.07 Å². The molecule has 0 aliphatic heterocycles. The summed E-state index contributed by atoms with van der Waals surface area (Å²) in [6.45, 7) is 5.18. The molecule has 1 unspecified atom stereocenters. The minimum Gasteiger partial charge on any atom is -0.382 e. The monoisotopic (exact) mass is 393 g/mol. The van der Waals surface area contributed by atoms with Gasteiger partial charge in [0.05, 0.1) is 11.9 Å². The van der Waals surface area contributed by atoms with Crippen molar-refractivity contribution in [1.82, 2.24) is 15.3 Å². The SMILES string of the molecule is Cc1ccc(C(O)(C(N)=O)C(F)F)cc1-c1cnc(N)c(C(=O)NC(C)C)n1. The highest BCUT2D eigenvalue weighted by Crippen LogP contribution is 2.32. The standard InChI is InChI=1S/C18H21F2N5O3/c1-8(2)24-15(26)13-14(21)23-7-12(25-13)11-6-10(5-4-9(11)3)18(28,16(19)20)17(22)27/h4-8,16,28H,1-3H3,(H2,21,23)(H2,22,27)(H,24,26). The molecule has 1 atom stereocenters. The number of carbonyl (C=O) groups excluding carboxylic acids is 2. The maximum atomic E-state index is 13.4. The summed E-state index contributed by atoms with van der Waals surface area (Å²) < 4.78 is 26.7. The van der Waals surface area contributed by atoms with Crippen molar-refractivity contribution in [3.8, 4) is 11.3 Å². The third-order valence-electron chi connectivity index (χ3n) is 4.08. The zero-order valence-corrected chi connectivity index (χ0v) is 15.5. The van der Waals surface area contributed by atoms with Gasteiger partial charge in [0.15, 0.2) is 11.5 Å². The number of carbonyl (C=O) groups is 2. The Morgan fingerprint density at radius 1 is 1.29 bits per heavy atom. The molecule has 0 radical (unpaired) electrons. The predicted molar refractivity (Wildman–Crippen MR) is 98.3 cm³/mol. The summed E-state index contributed by atoms with van der Waals surface area (Å²) in [5, 5.41) is 12.8. The van der Waals surface area contributed by atoms with Gasteiger partial charge in [0.2, 0.25) is 5.60 Å². The first kappa shape index (κ1) is 21.2. The second-order valence-corrected chi connectivity index (χ2v) is 6.58. The number of primary amides is 1. The molecule has 1 aromatic carbocycles. The van der Waals surface area contributed by atoms with Crippen LogP contribution in [-0.4, -0.2) is 39.4 Å². The van der Waals surface area contributed by atoms with E-state index in [9.17, 15) is 23.5 Å². The number of nitrogens with two attached hydrogens (primary N) is 2.